The van der Waals surface area contributed by atoms with Crippen LogP contribution < -0.4 is 5.32 Å². The molecule has 0 unspecified atom stereocenters. The zero-order chi connectivity index (χ0) is 19.6. The smallest absolute Gasteiger partial charge is 0.223 e. The molecule has 2 aliphatic rings. The molecule has 1 N–H and O–H groups in total. The van der Waals surface area contributed by atoms with E-state index in [0.29, 0.717) is 25.9 Å². The normalized spacial score (nSPS) is 19.5. The summed E-state index contributed by atoms with van der Waals surface area (Å²) in [6.45, 7) is 1.34. The number of benzene rings is 2. The van der Waals surface area contributed by atoms with E-state index in [2.05, 4.69) is 5.32 Å². The summed E-state index contributed by atoms with van der Waals surface area (Å²) in [5, 5.41) is 3.11. The molecule has 146 valence electrons. The van der Waals surface area contributed by atoms with Crippen molar-refractivity contribution in [3.8, 4) is 0 Å². The van der Waals surface area contributed by atoms with Crippen molar-refractivity contribution in [3.05, 3.63) is 71.5 Å². The average molecular weight is 380 g/mol. The molecule has 2 aromatic rings. The van der Waals surface area contributed by atoms with Crippen LogP contribution in [0.4, 0.5) is 4.39 Å². The maximum Gasteiger partial charge on any atom is 0.223 e. The molecule has 1 atom stereocenters. The monoisotopic (exact) mass is 380 g/mol. The van der Waals surface area contributed by atoms with E-state index in [0.717, 1.165) is 30.4 Å². The summed E-state index contributed by atoms with van der Waals surface area (Å²) in [4.78, 5) is 26.6. The lowest BCUT2D eigenvalue weighted by atomic mass is 9.85. The molecule has 2 aliphatic heterocycles. The Morgan fingerprint density at radius 3 is 2.25 bits per heavy atom. The van der Waals surface area contributed by atoms with Crippen molar-refractivity contribution in [2.24, 2.45) is 0 Å². The quantitative estimate of drug-likeness (QED) is 0.881. The number of hydrogen-bond acceptors (Lipinski definition) is 2. The number of rotatable bonds is 4. The Hall–Kier alpha value is -2.69. The van der Waals surface area contributed by atoms with E-state index >= 15 is 0 Å². The second-order valence-corrected chi connectivity index (χ2v) is 7.93. The van der Waals surface area contributed by atoms with Gasteiger partial charge in [-0.2, -0.15) is 0 Å². The SMILES string of the molecule is O=C1CCC2(CCN(C(=O)C[C@@H](c3ccccc3)c3ccc(F)cc3)CC2)N1. The molecule has 0 radical (unpaired) electrons. The number of halogens is 1. The number of likely N-dealkylation sites (tertiary alicyclic amines) is 1. The van der Waals surface area contributed by atoms with Crippen LogP contribution in [0.3, 0.4) is 0 Å². The molecule has 2 saturated heterocycles. The first-order valence-electron chi connectivity index (χ1n) is 9.94. The minimum atomic E-state index is -0.276. The molecule has 4 rings (SSSR count). The van der Waals surface area contributed by atoms with Crippen LogP contribution in [0.5, 0.6) is 0 Å². The topological polar surface area (TPSA) is 49.4 Å². The second-order valence-electron chi connectivity index (χ2n) is 7.93. The molecule has 2 fully saturated rings. The predicted molar refractivity (Wildman–Crippen MR) is 105 cm³/mol. The lowest BCUT2D eigenvalue weighted by molar-refractivity contribution is -0.133. The third kappa shape index (κ3) is 3.93. The van der Waals surface area contributed by atoms with Crippen molar-refractivity contribution in [2.45, 2.75) is 43.6 Å². The Balaban J connectivity index is 1.47. The summed E-state index contributed by atoms with van der Waals surface area (Å²) in [5.41, 5.74) is 1.89. The van der Waals surface area contributed by atoms with Gasteiger partial charge in [0.05, 0.1) is 0 Å². The van der Waals surface area contributed by atoms with Crippen molar-refractivity contribution >= 4 is 11.8 Å². The molecule has 0 bridgehead atoms. The largest absolute Gasteiger partial charge is 0.351 e. The van der Waals surface area contributed by atoms with E-state index in [1.165, 1.54) is 12.1 Å². The van der Waals surface area contributed by atoms with Gasteiger partial charge in [-0.3, -0.25) is 9.59 Å². The molecule has 2 amide bonds. The third-order valence-electron chi connectivity index (χ3n) is 6.16. The van der Waals surface area contributed by atoms with Gasteiger partial charge in [-0.05, 0) is 42.5 Å². The second kappa shape index (κ2) is 7.74. The van der Waals surface area contributed by atoms with Crippen LogP contribution in [0.15, 0.2) is 54.6 Å². The maximum absolute atomic E-state index is 13.4. The summed E-state index contributed by atoms with van der Waals surface area (Å²) >= 11 is 0. The molecule has 1 spiro atoms. The minimum Gasteiger partial charge on any atom is -0.351 e. The molecular formula is C23H25FN2O2. The van der Waals surface area contributed by atoms with Gasteiger partial charge in [0.2, 0.25) is 11.8 Å². The highest BCUT2D eigenvalue weighted by molar-refractivity contribution is 5.80. The molecule has 5 heteroatoms. The Morgan fingerprint density at radius 2 is 1.64 bits per heavy atom. The van der Waals surface area contributed by atoms with Gasteiger partial charge in [0.15, 0.2) is 0 Å². The first-order chi connectivity index (χ1) is 13.5. The number of carbonyl (C=O) groups is 2. The van der Waals surface area contributed by atoms with E-state index in [-0.39, 0.29) is 29.1 Å². The van der Waals surface area contributed by atoms with E-state index in [9.17, 15) is 14.0 Å². The lowest BCUT2D eigenvalue weighted by Gasteiger charge is -2.39. The summed E-state index contributed by atoms with van der Waals surface area (Å²) in [7, 11) is 0. The third-order valence-corrected chi connectivity index (χ3v) is 6.16. The van der Waals surface area contributed by atoms with E-state index in [1.807, 2.05) is 35.2 Å². The average Bonchev–Trinajstić information content (AvgIpc) is 3.08. The molecule has 28 heavy (non-hydrogen) atoms. The number of piperidine rings is 1. The summed E-state index contributed by atoms with van der Waals surface area (Å²) in [6.07, 6.45) is 3.45. The zero-order valence-corrected chi connectivity index (χ0v) is 15.9. The number of carbonyl (C=O) groups excluding carboxylic acids is 2. The van der Waals surface area contributed by atoms with E-state index in [4.69, 9.17) is 0 Å². The first kappa shape index (κ1) is 18.7. The van der Waals surface area contributed by atoms with Gasteiger partial charge in [0.25, 0.3) is 0 Å². The Morgan fingerprint density at radius 1 is 1.00 bits per heavy atom. The van der Waals surface area contributed by atoms with Crippen LogP contribution in [-0.4, -0.2) is 35.3 Å². The van der Waals surface area contributed by atoms with Crippen LogP contribution >= 0.6 is 0 Å². The molecule has 2 heterocycles. The highest BCUT2D eigenvalue weighted by atomic mass is 19.1. The number of amides is 2. The highest BCUT2D eigenvalue weighted by Gasteiger charge is 2.41. The Labute approximate surface area is 164 Å². The van der Waals surface area contributed by atoms with Crippen molar-refractivity contribution in [2.75, 3.05) is 13.1 Å². The fourth-order valence-electron chi connectivity index (χ4n) is 4.45. The van der Waals surface area contributed by atoms with Crippen LogP contribution in [0, 0.1) is 5.82 Å². The summed E-state index contributed by atoms with van der Waals surface area (Å²) in [5.74, 6) is -0.143. The molecular weight excluding hydrogens is 355 g/mol. The Bertz CT molecular complexity index is 843. The van der Waals surface area contributed by atoms with Crippen LogP contribution in [-0.2, 0) is 9.59 Å². The van der Waals surface area contributed by atoms with Crippen molar-refractivity contribution < 1.29 is 14.0 Å². The van der Waals surface area contributed by atoms with Crippen LogP contribution in [0.25, 0.3) is 0 Å². The van der Waals surface area contributed by atoms with E-state index in [1.54, 1.807) is 12.1 Å². The number of hydrogen-bond donors (Lipinski definition) is 1. The molecule has 0 aliphatic carbocycles. The fraction of sp³-hybridized carbons (Fsp3) is 0.391. The van der Waals surface area contributed by atoms with Crippen LogP contribution in [0.2, 0.25) is 0 Å². The van der Waals surface area contributed by atoms with E-state index < -0.39 is 0 Å². The van der Waals surface area contributed by atoms with Gasteiger partial charge in [-0.1, -0.05) is 42.5 Å². The van der Waals surface area contributed by atoms with Crippen molar-refractivity contribution in [1.29, 1.82) is 0 Å². The molecule has 2 aromatic carbocycles. The summed E-state index contributed by atoms with van der Waals surface area (Å²) < 4.78 is 13.4. The van der Waals surface area contributed by atoms with Gasteiger partial charge in [0.1, 0.15) is 5.82 Å². The predicted octanol–water partition coefficient (Wildman–Crippen LogP) is 3.62. The van der Waals surface area contributed by atoms with Gasteiger partial charge in [-0.25, -0.2) is 4.39 Å². The maximum atomic E-state index is 13.4. The van der Waals surface area contributed by atoms with Crippen molar-refractivity contribution in [3.63, 3.8) is 0 Å². The molecule has 0 saturated carbocycles. The van der Waals surface area contributed by atoms with Gasteiger partial charge < -0.3 is 10.2 Å². The summed E-state index contributed by atoms with van der Waals surface area (Å²) in [6, 6.07) is 16.3. The van der Waals surface area contributed by atoms with Gasteiger partial charge in [-0.15, -0.1) is 0 Å². The number of nitrogens with zero attached hydrogens (tertiary/aromatic N) is 1. The van der Waals surface area contributed by atoms with Gasteiger partial charge in [0, 0.05) is 37.4 Å². The van der Waals surface area contributed by atoms with Crippen LogP contribution in [0.1, 0.15) is 49.1 Å². The van der Waals surface area contributed by atoms with Crippen molar-refractivity contribution in [1.82, 2.24) is 10.2 Å². The first-order valence-corrected chi connectivity index (χ1v) is 9.94. The Kier molecular flexibility index (Phi) is 5.16. The molecule has 4 nitrogen and oxygen atoms in total. The lowest BCUT2D eigenvalue weighted by Crippen LogP contribution is -2.52. The van der Waals surface area contributed by atoms with Gasteiger partial charge >= 0.3 is 0 Å². The minimum absolute atomic E-state index is 0.101. The zero-order valence-electron chi connectivity index (χ0n) is 15.9. The molecule has 0 aromatic heterocycles. The standard InChI is InChI=1S/C23H25FN2O2/c24-19-8-6-18(7-9-19)20(17-4-2-1-3-5-17)16-22(28)26-14-12-23(13-15-26)11-10-21(27)25-23/h1-9,20H,10-16H2,(H,25,27)/t20-/m0/s1. The number of nitrogens with one attached hydrogen (secondary N) is 1. The highest BCUT2D eigenvalue weighted by Crippen LogP contribution is 2.33. The fourth-order valence-corrected chi connectivity index (χ4v) is 4.45.